The smallest absolute Gasteiger partial charge is 0.120 e. The summed E-state index contributed by atoms with van der Waals surface area (Å²) in [7, 11) is 0. The van der Waals surface area contributed by atoms with Crippen molar-refractivity contribution >= 4 is 6.29 Å². The van der Waals surface area contributed by atoms with Gasteiger partial charge in [-0.15, -0.1) is 0 Å². The molecular weight excluding hydrogens is 222 g/mol. The number of carbonyl (C=O) groups is 1. The third kappa shape index (κ3) is 3.67. The second kappa shape index (κ2) is 6.69. The van der Waals surface area contributed by atoms with Crippen LogP contribution in [0.4, 0.5) is 0 Å². The normalized spacial score (nSPS) is 17.8. The monoisotopic (exact) mass is 245 g/mol. The number of aldehydes is 1. The second-order valence-electron chi connectivity index (χ2n) is 5.34. The Hall–Kier alpha value is -1.15. The molecule has 0 saturated carbocycles. The molecule has 98 valence electrons. The van der Waals surface area contributed by atoms with Crippen molar-refractivity contribution < 1.29 is 4.79 Å². The number of carbonyl (C=O) groups excluding carboxylic acids is 1. The van der Waals surface area contributed by atoms with Crippen LogP contribution in [0.5, 0.6) is 0 Å². The Kier molecular flexibility index (Phi) is 4.94. The van der Waals surface area contributed by atoms with Crippen LogP contribution in [0.25, 0.3) is 0 Å². The first-order valence-electron chi connectivity index (χ1n) is 7.04. The van der Waals surface area contributed by atoms with E-state index in [1.807, 2.05) is 0 Å². The van der Waals surface area contributed by atoms with E-state index in [0.29, 0.717) is 12.3 Å². The van der Waals surface area contributed by atoms with E-state index in [2.05, 4.69) is 36.1 Å². The molecular formula is C16H23NO. The third-order valence-electron chi connectivity index (χ3n) is 3.91. The highest BCUT2D eigenvalue weighted by atomic mass is 16.1. The van der Waals surface area contributed by atoms with Crippen LogP contribution >= 0.6 is 0 Å². The molecule has 0 bridgehead atoms. The Balaban J connectivity index is 1.84. The van der Waals surface area contributed by atoms with Gasteiger partial charge in [0.2, 0.25) is 0 Å². The summed E-state index contributed by atoms with van der Waals surface area (Å²) in [6.07, 6.45) is 5.49. The van der Waals surface area contributed by atoms with Gasteiger partial charge in [-0.25, -0.2) is 0 Å². The molecule has 1 unspecified atom stereocenters. The van der Waals surface area contributed by atoms with Crippen molar-refractivity contribution in [1.82, 2.24) is 4.90 Å². The van der Waals surface area contributed by atoms with Crippen LogP contribution in [0.2, 0.25) is 0 Å². The summed E-state index contributed by atoms with van der Waals surface area (Å²) in [4.78, 5) is 13.0. The van der Waals surface area contributed by atoms with Crippen molar-refractivity contribution in [2.45, 2.75) is 38.5 Å². The summed E-state index contributed by atoms with van der Waals surface area (Å²) in [5.74, 6) is 0.343. The van der Waals surface area contributed by atoms with Crippen molar-refractivity contribution in [3.05, 3.63) is 35.4 Å². The van der Waals surface area contributed by atoms with E-state index in [1.165, 1.54) is 43.6 Å². The maximum atomic E-state index is 10.5. The van der Waals surface area contributed by atoms with Gasteiger partial charge in [0.15, 0.2) is 0 Å². The van der Waals surface area contributed by atoms with Gasteiger partial charge in [-0.1, -0.05) is 31.2 Å². The predicted octanol–water partition coefficient (Wildman–Crippen LogP) is 3.02. The lowest BCUT2D eigenvalue weighted by Crippen LogP contribution is -2.21. The first kappa shape index (κ1) is 13.3. The zero-order valence-corrected chi connectivity index (χ0v) is 11.3. The van der Waals surface area contributed by atoms with Gasteiger partial charge in [0.25, 0.3) is 0 Å². The van der Waals surface area contributed by atoms with E-state index < -0.39 is 0 Å². The van der Waals surface area contributed by atoms with Crippen LogP contribution in [0.15, 0.2) is 24.3 Å². The van der Waals surface area contributed by atoms with Gasteiger partial charge in [-0.3, -0.25) is 0 Å². The van der Waals surface area contributed by atoms with Gasteiger partial charge in [-0.2, -0.15) is 0 Å². The van der Waals surface area contributed by atoms with E-state index in [9.17, 15) is 4.79 Å². The standard InChI is InChI=1S/C16H23NO/c1-14(9-13-18)16-6-4-15(5-7-16)8-12-17-10-2-3-11-17/h4-7,13-14H,2-3,8-12H2,1H3. The summed E-state index contributed by atoms with van der Waals surface area (Å²) in [5, 5.41) is 0. The number of hydrogen-bond acceptors (Lipinski definition) is 2. The Morgan fingerprint density at radius 3 is 2.50 bits per heavy atom. The van der Waals surface area contributed by atoms with Gasteiger partial charge in [0.1, 0.15) is 6.29 Å². The first-order valence-corrected chi connectivity index (χ1v) is 7.04. The van der Waals surface area contributed by atoms with Crippen molar-refractivity contribution in [2.24, 2.45) is 0 Å². The maximum absolute atomic E-state index is 10.5. The Bertz CT molecular complexity index is 365. The zero-order valence-electron chi connectivity index (χ0n) is 11.3. The highest BCUT2D eigenvalue weighted by Crippen LogP contribution is 2.18. The molecule has 0 spiro atoms. The quantitative estimate of drug-likeness (QED) is 0.718. The molecule has 1 aromatic carbocycles. The minimum Gasteiger partial charge on any atom is -0.303 e. The average molecular weight is 245 g/mol. The average Bonchev–Trinajstić information content (AvgIpc) is 2.90. The molecule has 0 radical (unpaired) electrons. The van der Waals surface area contributed by atoms with Crippen LogP contribution in [-0.2, 0) is 11.2 Å². The summed E-state index contributed by atoms with van der Waals surface area (Å²) in [5.41, 5.74) is 2.68. The van der Waals surface area contributed by atoms with E-state index in [-0.39, 0.29) is 0 Å². The lowest BCUT2D eigenvalue weighted by atomic mass is 9.97. The summed E-state index contributed by atoms with van der Waals surface area (Å²) in [6, 6.07) is 8.78. The topological polar surface area (TPSA) is 20.3 Å². The van der Waals surface area contributed by atoms with Crippen LogP contribution in [0.1, 0.15) is 43.2 Å². The van der Waals surface area contributed by atoms with Crippen LogP contribution in [0, 0.1) is 0 Å². The second-order valence-corrected chi connectivity index (χ2v) is 5.34. The number of hydrogen-bond donors (Lipinski definition) is 0. The Morgan fingerprint density at radius 2 is 1.89 bits per heavy atom. The van der Waals surface area contributed by atoms with Crippen LogP contribution in [0.3, 0.4) is 0 Å². The maximum Gasteiger partial charge on any atom is 0.120 e. The molecule has 1 aliphatic rings. The Morgan fingerprint density at radius 1 is 1.22 bits per heavy atom. The largest absolute Gasteiger partial charge is 0.303 e. The van der Waals surface area contributed by atoms with Gasteiger partial charge in [-0.05, 0) is 49.4 Å². The highest BCUT2D eigenvalue weighted by molar-refractivity contribution is 5.51. The van der Waals surface area contributed by atoms with E-state index in [1.54, 1.807) is 0 Å². The molecule has 0 aromatic heterocycles. The fraction of sp³-hybridized carbons (Fsp3) is 0.562. The highest BCUT2D eigenvalue weighted by Gasteiger charge is 2.11. The molecule has 1 heterocycles. The molecule has 2 rings (SSSR count). The number of rotatable bonds is 6. The van der Waals surface area contributed by atoms with E-state index in [0.717, 1.165) is 12.7 Å². The van der Waals surface area contributed by atoms with E-state index >= 15 is 0 Å². The van der Waals surface area contributed by atoms with Gasteiger partial charge >= 0.3 is 0 Å². The summed E-state index contributed by atoms with van der Waals surface area (Å²) >= 11 is 0. The molecule has 1 fully saturated rings. The predicted molar refractivity (Wildman–Crippen MR) is 74.9 cm³/mol. The molecule has 1 aliphatic heterocycles. The van der Waals surface area contributed by atoms with Crippen molar-refractivity contribution in [2.75, 3.05) is 19.6 Å². The summed E-state index contributed by atoms with van der Waals surface area (Å²) < 4.78 is 0. The van der Waals surface area contributed by atoms with Crippen LogP contribution < -0.4 is 0 Å². The summed E-state index contributed by atoms with van der Waals surface area (Å²) in [6.45, 7) is 5.83. The minimum absolute atomic E-state index is 0.343. The molecule has 2 heteroatoms. The van der Waals surface area contributed by atoms with Crippen LogP contribution in [-0.4, -0.2) is 30.8 Å². The van der Waals surface area contributed by atoms with Crippen molar-refractivity contribution in [1.29, 1.82) is 0 Å². The lowest BCUT2D eigenvalue weighted by Gasteiger charge is -2.14. The fourth-order valence-corrected chi connectivity index (χ4v) is 2.59. The van der Waals surface area contributed by atoms with Crippen molar-refractivity contribution in [3.63, 3.8) is 0 Å². The molecule has 2 nitrogen and oxygen atoms in total. The molecule has 1 aromatic rings. The minimum atomic E-state index is 0.343. The van der Waals surface area contributed by atoms with E-state index in [4.69, 9.17) is 0 Å². The first-order chi connectivity index (χ1) is 8.79. The molecule has 1 atom stereocenters. The third-order valence-corrected chi connectivity index (χ3v) is 3.91. The molecule has 0 aliphatic carbocycles. The number of nitrogens with zero attached hydrogens (tertiary/aromatic N) is 1. The van der Waals surface area contributed by atoms with Gasteiger partial charge in [0, 0.05) is 13.0 Å². The van der Waals surface area contributed by atoms with Crippen molar-refractivity contribution in [3.8, 4) is 0 Å². The van der Waals surface area contributed by atoms with Gasteiger partial charge in [0.05, 0.1) is 0 Å². The van der Waals surface area contributed by atoms with Gasteiger partial charge < -0.3 is 9.69 Å². The molecule has 1 saturated heterocycles. The SMILES string of the molecule is CC(CC=O)c1ccc(CCN2CCCC2)cc1. The molecule has 0 amide bonds. The molecule has 0 N–H and O–H groups in total. The number of benzene rings is 1. The lowest BCUT2D eigenvalue weighted by molar-refractivity contribution is -0.108. The fourth-order valence-electron chi connectivity index (χ4n) is 2.59. The number of likely N-dealkylation sites (tertiary alicyclic amines) is 1. The molecule has 18 heavy (non-hydrogen) atoms. The Labute approximate surface area is 110 Å². The zero-order chi connectivity index (χ0) is 12.8.